The van der Waals surface area contributed by atoms with Crippen LogP contribution in [0.25, 0.3) is 0 Å². The molecule has 112 valence electrons. The van der Waals surface area contributed by atoms with Gasteiger partial charge in [-0.1, -0.05) is 6.58 Å². The molecule has 1 unspecified atom stereocenters. The third-order valence-electron chi connectivity index (χ3n) is 2.06. The zero-order valence-corrected chi connectivity index (χ0v) is 11.4. The van der Waals surface area contributed by atoms with Gasteiger partial charge in [-0.05, 0) is 6.08 Å². The molecule has 0 aliphatic rings. The quantitative estimate of drug-likeness (QED) is 0.262. The highest BCUT2D eigenvalue weighted by atomic mass is 16.6. The minimum Gasteiger partial charge on any atom is -0.377 e. The van der Waals surface area contributed by atoms with Crippen molar-refractivity contribution in [1.29, 1.82) is 0 Å². The van der Waals surface area contributed by atoms with Gasteiger partial charge in [0.2, 0.25) is 5.91 Å². The lowest BCUT2D eigenvalue weighted by Crippen LogP contribution is -2.28. The molecule has 0 spiro atoms. The molecule has 0 aromatic rings. The van der Waals surface area contributed by atoms with E-state index in [0.29, 0.717) is 46.2 Å². The lowest BCUT2D eigenvalue weighted by molar-refractivity contribution is -0.116. The Morgan fingerprint density at radius 3 is 2.37 bits per heavy atom. The number of carbonyl (C=O) groups excluding carboxylic acids is 1. The smallest absolute Gasteiger partial charge is 0.243 e. The summed E-state index contributed by atoms with van der Waals surface area (Å²) in [7, 11) is 1.53. The molecule has 0 fully saturated rings. The van der Waals surface area contributed by atoms with E-state index < -0.39 is 6.23 Å². The van der Waals surface area contributed by atoms with Crippen molar-refractivity contribution in [3.05, 3.63) is 12.7 Å². The lowest BCUT2D eigenvalue weighted by atomic mass is 10.5. The fourth-order valence-electron chi connectivity index (χ4n) is 1.03. The summed E-state index contributed by atoms with van der Waals surface area (Å²) in [5.74, 6) is -0.203. The van der Waals surface area contributed by atoms with Crippen LogP contribution in [0.15, 0.2) is 12.7 Å². The van der Waals surface area contributed by atoms with Crippen LogP contribution in [0.1, 0.15) is 0 Å². The van der Waals surface area contributed by atoms with Gasteiger partial charge in [0.15, 0.2) is 0 Å². The first-order valence-corrected chi connectivity index (χ1v) is 6.12. The molecule has 0 saturated heterocycles. The van der Waals surface area contributed by atoms with Crippen molar-refractivity contribution < 1.29 is 23.7 Å². The molecule has 0 saturated carbocycles. The predicted molar refractivity (Wildman–Crippen MR) is 70.6 cm³/mol. The number of ether oxygens (including phenoxy) is 4. The topological polar surface area (TPSA) is 92.0 Å². The molecule has 0 rings (SSSR count). The van der Waals surface area contributed by atoms with Crippen molar-refractivity contribution in [2.75, 3.05) is 53.3 Å². The van der Waals surface area contributed by atoms with Crippen LogP contribution in [0.5, 0.6) is 0 Å². The zero-order chi connectivity index (χ0) is 14.3. The van der Waals surface area contributed by atoms with E-state index in [0.717, 1.165) is 0 Å². The number of hydrogen-bond donors (Lipinski definition) is 2. The lowest BCUT2D eigenvalue weighted by Gasteiger charge is -2.10. The first kappa shape index (κ1) is 18.0. The van der Waals surface area contributed by atoms with Crippen molar-refractivity contribution >= 4 is 5.91 Å². The van der Waals surface area contributed by atoms with Crippen LogP contribution in [0.2, 0.25) is 0 Å². The Labute approximate surface area is 114 Å². The summed E-state index contributed by atoms with van der Waals surface area (Å²) in [6.45, 7) is 6.49. The number of rotatable bonds is 13. The Morgan fingerprint density at radius 2 is 1.79 bits per heavy atom. The van der Waals surface area contributed by atoms with Gasteiger partial charge >= 0.3 is 0 Å². The molecular weight excluding hydrogens is 252 g/mol. The highest BCUT2D eigenvalue weighted by Gasteiger charge is 1.98. The molecule has 0 aliphatic heterocycles. The second-order valence-corrected chi connectivity index (χ2v) is 3.57. The van der Waals surface area contributed by atoms with Crippen molar-refractivity contribution in [2.24, 2.45) is 5.73 Å². The van der Waals surface area contributed by atoms with Gasteiger partial charge in [-0.3, -0.25) is 4.79 Å². The van der Waals surface area contributed by atoms with Crippen LogP contribution in [-0.4, -0.2) is 65.4 Å². The summed E-state index contributed by atoms with van der Waals surface area (Å²) in [6.07, 6.45) is 0.826. The number of nitrogens with one attached hydrogen (secondary N) is 1. The maximum atomic E-state index is 10.8. The van der Waals surface area contributed by atoms with Crippen LogP contribution in [0.4, 0.5) is 0 Å². The average molecular weight is 276 g/mol. The van der Waals surface area contributed by atoms with Gasteiger partial charge in [0.05, 0.1) is 39.6 Å². The monoisotopic (exact) mass is 276 g/mol. The molecule has 0 bridgehead atoms. The van der Waals surface area contributed by atoms with E-state index in [9.17, 15) is 4.79 Å². The Bertz CT molecular complexity index is 238. The minimum absolute atomic E-state index is 0.203. The van der Waals surface area contributed by atoms with Gasteiger partial charge in [0, 0.05) is 13.7 Å². The first-order chi connectivity index (χ1) is 9.20. The summed E-state index contributed by atoms with van der Waals surface area (Å²) < 4.78 is 20.5. The summed E-state index contributed by atoms with van der Waals surface area (Å²) in [5, 5.41) is 2.60. The SMILES string of the molecule is C=CC(=O)NCCOCCOCCOCC(N)OC. The highest BCUT2D eigenvalue weighted by Crippen LogP contribution is 1.84. The molecular formula is C12H24N2O5. The third-order valence-corrected chi connectivity index (χ3v) is 2.06. The number of hydrogen-bond acceptors (Lipinski definition) is 6. The normalized spacial score (nSPS) is 12.1. The maximum absolute atomic E-state index is 10.8. The predicted octanol–water partition coefficient (Wildman–Crippen LogP) is -0.730. The van der Waals surface area contributed by atoms with Gasteiger partial charge in [-0.15, -0.1) is 0 Å². The molecule has 0 radical (unpaired) electrons. The summed E-state index contributed by atoms with van der Waals surface area (Å²) >= 11 is 0. The van der Waals surface area contributed by atoms with E-state index in [1.54, 1.807) is 0 Å². The molecule has 7 heteroatoms. The van der Waals surface area contributed by atoms with E-state index in [1.807, 2.05) is 0 Å². The molecule has 0 heterocycles. The van der Waals surface area contributed by atoms with Gasteiger partial charge in [0.1, 0.15) is 6.23 Å². The maximum Gasteiger partial charge on any atom is 0.243 e. The molecule has 1 amide bonds. The second kappa shape index (κ2) is 13.4. The molecule has 0 aliphatic carbocycles. The van der Waals surface area contributed by atoms with Crippen LogP contribution >= 0.6 is 0 Å². The van der Waals surface area contributed by atoms with E-state index in [1.165, 1.54) is 13.2 Å². The van der Waals surface area contributed by atoms with Crippen LogP contribution in [-0.2, 0) is 23.7 Å². The van der Waals surface area contributed by atoms with E-state index >= 15 is 0 Å². The Morgan fingerprint density at radius 1 is 1.21 bits per heavy atom. The van der Waals surface area contributed by atoms with E-state index in [-0.39, 0.29) is 5.91 Å². The molecule has 19 heavy (non-hydrogen) atoms. The Hall–Kier alpha value is -0.990. The third kappa shape index (κ3) is 13.2. The zero-order valence-electron chi connectivity index (χ0n) is 11.4. The fraction of sp³-hybridized carbons (Fsp3) is 0.750. The second-order valence-electron chi connectivity index (χ2n) is 3.57. The largest absolute Gasteiger partial charge is 0.377 e. The van der Waals surface area contributed by atoms with Gasteiger partial charge in [-0.25, -0.2) is 0 Å². The molecule has 3 N–H and O–H groups in total. The Balaban J connectivity index is 3.07. The van der Waals surface area contributed by atoms with Crippen LogP contribution in [0.3, 0.4) is 0 Å². The van der Waals surface area contributed by atoms with E-state index in [2.05, 4.69) is 11.9 Å². The minimum atomic E-state index is -0.394. The highest BCUT2D eigenvalue weighted by molar-refractivity contribution is 5.86. The van der Waals surface area contributed by atoms with E-state index in [4.69, 9.17) is 24.7 Å². The van der Waals surface area contributed by atoms with Crippen molar-refractivity contribution in [2.45, 2.75) is 6.23 Å². The van der Waals surface area contributed by atoms with Crippen molar-refractivity contribution in [1.82, 2.24) is 5.32 Å². The first-order valence-electron chi connectivity index (χ1n) is 6.12. The molecule has 0 aromatic carbocycles. The summed E-state index contributed by atoms with van der Waals surface area (Å²) in [4.78, 5) is 10.8. The number of carbonyl (C=O) groups is 1. The van der Waals surface area contributed by atoms with Gasteiger partial charge in [-0.2, -0.15) is 0 Å². The van der Waals surface area contributed by atoms with Crippen LogP contribution in [0, 0.1) is 0 Å². The molecule has 1 atom stereocenters. The van der Waals surface area contributed by atoms with Crippen molar-refractivity contribution in [3.63, 3.8) is 0 Å². The average Bonchev–Trinajstić information content (AvgIpc) is 2.43. The van der Waals surface area contributed by atoms with Crippen LogP contribution < -0.4 is 11.1 Å². The standard InChI is InChI=1S/C12H24N2O5/c1-3-12(15)14-4-5-17-6-7-18-8-9-19-10-11(13)16-2/h3,11H,1,4-10,13H2,2H3,(H,14,15). The number of amides is 1. The van der Waals surface area contributed by atoms with Gasteiger partial charge in [0.25, 0.3) is 0 Å². The van der Waals surface area contributed by atoms with Gasteiger partial charge < -0.3 is 30.0 Å². The fourth-order valence-corrected chi connectivity index (χ4v) is 1.03. The van der Waals surface area contributed by atoms with Crippen molar-refractivity contribution in [3.8, 4) is 0 Å². The Kier molecular flexibility index (Phi) is 12.7. The summed E-state index contributed by atoms with van der Waals surface area (Å²) in [5.41, 5.74) is 5.47. The number of nitrogens with two attached hydrogens (primary N) is 1. The molecule has 7 nitrogen and oxygen atoms in total. The number of methoxy groups -OCH3 is 1. The summed E-state index contributed by atoms with van der Waals surface area (Å²) in [6, 6.07) is 0. The molecule has 0 aromatic heterocycles.